The summed E-state index contributed by atoms with van der Waals surface area (Å²) < 4.78 is 25.1. The molecule has 13 nitrogen and oxygen atoms in total. The lowest BCUT2D eigenvalue weighted by atomic mass is 9.82. The van der Waals surface area contributed by atoms with E-state index in [1.165, 1.54) is 13.8 Å². The third kappa shape index (κ3) is 7.59. The summed E-state index contributed by atoms with van der Waals surface area (Å²) in [7, 11) is -3.52. The summed E-state index contributed by atoms with van der Waals surface area (Å²) in [6.07, 6.45) is -1.09. The number of carbonyl (C=O) groups excluding carboxylic acids is 3. The summed E-state index contributed by atoms with van der Waals surface area (Å²) >= 11 is 0. The number of fused-ring (bicyclic) bond motifs is 2. The van der Waals surface area contributed by atoms with Crippen molar-refractivity contribution in [1.82, 2.24) is 15.0 Å². The van der Waals surface area contributed by atoms with Gasteiger partial charge in [-0.25, -0.2) is 0 Å². The van der Waals surface area contributed by atoms with Crippen molar-refractivity contribution in [2.75, 3.05) is 22.1 Å². The normalized spacial score (nSPS) is 22.6. The van der Waals surface area contributed by atoms with Crippen LogP contribution in [-0.2, 0) is 37.8 Å². The molecule has 1 saturated heterocycles. The zero-order valence-electron chi connectivity index (χ0n) is 30.9. The summed E-state index contributed by atoms with van der Waals surface area (Å²) in [5.41, 5.74) is 1.74. The summed E-state index contributed by atoms with van der Waals surface area (Å²) in [4.78, 5) is 41.2. The average molecular weight is 759 g/mol. The van der Waals surface area contributed by atoms with Gasteiger partial charge in [0.05, 0.1) is 36.6 Å². The van der Waals surface area contributed by atoms with Crippen molar-refractivity contribution < 1.29 is 38.5 Å². The number of benzene rings is 3. The van der Waals surface area contributed by atoms with Gasteiger partial charge in [-0.05, 0) is 74.8 Å². The first-order valence-corrected chi connectivity index (χ1v) is 21.1. The van der Waals surface area contributed by atoms with Crippen molar-refractivity contribution in [3.05, 3.63) is 101 Å². The van der Waals surface area contributed by atoms with E-state index in [4.69, 9.17) is 4.74 Å². The van der Waals surface area contributed by atoms with Crippen molar-refractivity contribution in [2.24, 2.45) is 5.92 Å². The van der Waals surface area contributed by atoms with E-state index in [-0.39, 0.29) is 25.0 Å². The number of aryl methyl sites for hydroxylation is 1. The molecule has 2 aliphatic heterocycles. The fraction of sp³-hybridized carbons (Fsp3) is 0.410. The van der Waals surface area contributed by atoms with E-state index in [1.807, 2.05) is 37.3 Å². The third-order valence-electron chi connectivity index (χ3n) is 10.5. The summed E-state index contributed by atoms with van der Waals surface area (Å²) in [5, 5.41) is 43.8. The summed E-state index contributed by atoms with van der Waals surface area (Å²) in [5.74, 6) is -2.57. The Morgan fingerprint density at radius 3 is 2.28 bits per heavy atom. The smallest absolute Gasteiger partial charge is 0.264 e. The van der Waals surface area contributed by atoms with Crippen LogP contribution in [0.2, 0.25) is 18.6 Å². The van der Waals surface area contributed by atoms with E-state index in [2.05, 4.69) is 20.9 Å². The van der Waals surface area contributed by atoms with Gasteiger partial charge in [-0.15, -0.1) is 5.10 Å². The molecule has 1 aromatic heterocycles. The number of hydrogen-bond acceptors (Lipinski definition) is 9. The van der Waals surface area contributed by atoms with Gasteiger partial charge in [0.25, 0.3) is 17.7 Å². The molecular weight excluding hydrogens is 712 g/mol. The van der Waals surface area contributed by atoms with Crippen LogP contribution in [-0.4, -0.2) is 81.4 Å². The summed E-state index contributed by atoms with van der Waals surface area (Å²) in [6.45, 7) is 8.04. The topological polar surface area (TPSA) is 179 Å². The second kappa shape index (κ2) is 15.5. The predicted molar refractivity (Wildman–Crippen MR) is 203 cm³/mol. The number of aliphatic hydroxyl groups is 3. The number of hydrogen-bond donors (Lipinski definition) is 5. The van der Waals surface area contributed by atoms with E-state index in [0.717, 1.165) is 5.56 Å². The maximum absolute atomic E-state index is 16.5. The highest BCUT2D eigenvalue weighted by atomic mass is 28.4. The molecule has 2 aliphatic rings. The van der Waals surface area contributed by atoms with Crippen molar-refractivity contribution in [1.29, 1.82) is 0 Å². The number of carbonyl (C=O) groups is 3. The van der Waals surface area contributed by atoms with Crippen molar-refractivity contribution >= 4 is 43.2 Å². The third-order valence-corrected chi connectivity index (χ3v) is 12.9. The number of nitrogens with one attached hydrogen (secondary N) is 2. The van der Waals surface area contributed by atoms with E-state index >= 15 is 4.11 Å². The number of aliphatic hydroxyl groups excluding tert-OH is 3. The lowest BCUT2D eigenvalue weighted by Crippen LogP contribution is -2.45. The molecule has 0 saturated carbocycles. The fourth-order valence-corrected chi connectivity index (χ4v) is 10.4. The fourth-order valence-electron chi connectivity index (χ4n) is 7.87. The van der Waals surface area contributed by atoms with Gasteiger partial charge in [0.1, 0.15) is 12.2 Å². The molecule has 3 aromatic carbocycles. The molecule has 1 unspecified atom stereocenters. The Labute approximate surface area is 314 Å². The first kappa shape index (κ1) is 38.9. The molecule has 6 rings (SSSR count). The Balaban J connectivity index is 1.34. The lowest BCUT2D eigenvalue weighted by Gasteiger charge is -2.31. The van der Waals surface area contributed by atoms with Gasteiger partial charge >= 0.3 is 0 Å². The molecule has 0 aliphatic carbocycles. The molecule has 1 fully saturated rings. The van der Waals surface area contributed by atoms with Gasteiger partial charge in [-0.2, -0.15) is 0 Å². The highest BCUT2D eigenvalue weighted by molar-refractivity contribution is 6.72. The molecule has 0 radical (unpaired) electrons. The molecule has 3 amide bonds. The number of nitrogens with zero attached hydrogens (tertiary/aromatic N) is 4. The molecule has 54 heavy (non-hydrogen) atoms. The minimum Gasteiger partial charge on any atom is -0.395 e. The van der Waals surface area contributed by atoms with E-state index in [1.54, 1.807) is 71.3 Å². The Morgan fingerprint density at radius 1 is 0.981 bits per heavy atom. The minimum atomic E-state index is -3.52. The first-order valence-electron chi connectivity index (χ1n) is 18.1. The molecule has 4 aromatic rings. The predicted octanol–water partition coefficient (Wildman–Crippen LogP) is 4.45. The highest BCUT2D eigenvalue weighted by Gasteiger charge is 2.66. The van der Waals surface area contributed by atoms with Crippen LogP contribution in [0.3, 0.4) is 0 Å². The van der Waals surface area contributed by atoms with Gasteiger partial charge in [-0.3, -0.25) is 19.1 Å². The molecule has 0 bridgehead atoms. The maximum atomic E-state index is 16.5. The largest absolute Gasteiger partial charge is 0.395 e. The van der Waals surface area contributed by atoms with E-state index < -0.39 is 55.6 Å². The van der Waals surface area contributed by atoms with E-state index in [0.29, 0.717) is 46.8 Å². The van der Waals surface area contributed by atoms with Crippen molar-refractivity contribution in [2.45, 2.75) is 88.7 Å². The molecular formula is C39H47FN6O7Si. The quantitative estimate of drug-likeness (QED) is 0.0973. The maximum Gasteiger partial charge on any atom is 0.264 e. The Hall–Kier alpha value is -4.80. The van der Waals surface area contributed by atoms with Gasteiger partial charge < -0.3 is 39.7 Å². The second-order valence-corrected chi connectivity index (χ2v) is 18.6. The molecule has 7 atom stereocenters. The van der Waals surface area contributed by atoms with Crippen LogP contribution in [0.4, 0.5) is 21.2 Å². The number of rotatable bonds is 13. The van der Waals surface area contributed by atoms with Crippen LogP contribution in [0.1, 0.15) is 55.5 Å². The summed E-state index contributed by atoms with van der Waals surface area (Å²) in [6, 6.07) is 21.4. The first-order chi connectivity index (χ1) is 25.6. The van der Waals surface area contributed by atoms with Gasteiger partial charge in [-0.1, -0.05) is 54.6 Å². The van der Waals surface area contributed by atoms with Crippen LogP contribution in [0.25, 0.3) is 0 Å². The van der Waals surface area contributed by atoms with Crippen LogP contribution in [0.5, 0.6) is 0 Å². The minimum absolute atomic E-state index is 0.0857. The van der Waals surface area contributed by atoms with Gasteiger partial charge in [0, 0.05) is 41.1 Å². The Kier molecular flexibility index (Phi) is 11.2. The number of ether oxygens (including phenoxy) is 1. The number of amides is 3. The van der Waals surface area contributed by atoms with Crippen LogP contribution >= 0.6 is 0 Å². The number of anilines is 3. The highest BCUT2D eigenvalue weighted by Crippen LogP contribution is 2.60. The zero-order chi connectivity index (χ0) is 38.9. The van der Waals surface area contributed by atoms with Crippen LogP contribution in [0.15, 0.2) is 79.0 Å². The monoisotopic (exact) mass is 758 g/mol. The van der Waals surface area contributed by atoms with Gasteiger partial charge in [0.2, 0.25) is 8.41 Å². The average Bonchev–Trinajstić information content (AvgIpc) is 3.78. The molecule has 5 N–H and O–H groups in total. The molecule has 15 heteroatoms. The van der Waals surface area contributed by atoms with Crippen LogP contribution in [0, 0.1) is 5.92 Å². The molecule has 3 heterocycles. The number of aromatic nitrogens is 3. The second-order valence-electron chi connectivity index (χ2n) is 14.8. The standard InChI is InChI=1S/C39H47FN6O7Si/c1-23-35(54(4,5)40)34(16-17-45-21-32(43-44-45)30(22-47)27-11-7-6-8-12-27)53-39(23)31-19-29(42-37(51)25(3)49)14-15-33(31)46(38(39)52)20-26-10-9-13-28(18-26)41-36(50)24(2)48/h6-15,18-19,21,23-25,30,34-35,47-49H,16-17,20,22H2,1-5H3,(H,41,50)(H,42,51)/t23-,24-,25-,30?,34+,35-,39+/m0/s1. The molecule has 286 valence electrons. The van der Waals surface area contributed by atoms with Crippen molar-refractivity contribution in [3.63, 3.8) is 0 Å². The van der Waals surface area contributed by atoms with E-state index in [9.17, 15) is 29.7 Å². The van der Waals surface area contributed by atoms with Crippen LogP contribution < -0.4 is 15.5 Å². The zero-order valence-corrected chi connectivity index (χ0v) is 31.9. The molecule has 1 spiro atoms. The Bertz CT molecular complexity index is 2000. The number of halogens is 1. The van der Waals surface area contributed by atoms with Crippen molar-refractivity contribution in [3.8, 4) is 0 Å². The van der Waals surface area contributed by atoms with Gasteiger partial charge in [0.15, 0.2) is 5.60 Å². The Morgan fingerprint density at radius 2 is 1.65 bits per heavy atom. The SMILES string of the molecule is C[C@H](O)C(=O)Nc1cccc(CN2C(=O)[C@]3(O[C@H](CCn4cc(C(CO)c5ccccc5)nn4)[C@@H]([Si](C)(C)F)[C@@H]3C)c3cc(NC(=O)[C@H](C)O)ccc32)c1. The lowest BCUT2D eigenvalue weighted by molar-refractivity contribution is -0.146.